The summed E-state index contributed by atoms with van der Waals surface area (Å²) in [5.41, 5.74) is 1.74. The highest BCUT2D eigenvalue weighted by atomic mass is 35.5. The van der Waals surface area contributed by atoms with E-state index < -0.39 is 36.5 Å². The van der Waals surface area contributed by atoms with Crippen LogP contribution in [0.4, 0.5) is 5.69 Å². The Bertz CT molecular complexity index is 887. The summed E-state index contributed by atoms with van der Waals surface area (Å²) >= 11 is 0. The van der Waals surface area contributed by atoms with Gasteiger partial charge in [-0.3, -0.25) is 24.7 Å². The van der Waals surface area contributed by atoms with Gasteiger partial charge in [0.25, 0.3) is 5.91 Å². The number of benzene rings is 2. The Labute approximate surface area is 213 Å². The fourth-order valence-electron chi connectivity index (χ4n) is 3.31. The molecular weight excluding hydrogens is 481 g/mol. The Morgan fingerprint density at radius 2 is 1.56 bits per heavy atom. The lowest BCUT2D eigenvalue weighted by molar-refractivity contribution is -0.148. The maximum atomic E-state index is 13.2. The van der Waals surface area contributed by atoms with Gasteiger partial charge in [0.15, 0.2) is 0 Å². The average molecular weight is 514 g/mol. The van der Waals surface area contributed by atoms with E-state index in [2.05, 4.69) is 5.32 Å². The number of aryl methyl sites for hydroxylation is 1. The quantitative estimate of drug-likeness (QED) is 0.331. The number of carbonyl (C=O) groups excluding carboxylic acids is 2. The number of hydrogen-bond acceptors (Lipinski definition) is 6. The van der Waals surface area contributed by atoms with Gasteiger partial charge in [0.2, 0.25) is 0 Å². The van der Waals surface area contributed by atoms with Crippen LogP contribution < -0.4 is 10.3 Å². The Kier molecular flexibility index (Phi) is 14.6. The number of halogens is 2. The second kappa shape index (κ2) is 15.9. The number of carbonyl (C=O) groups is 3. The number of carboxylic acids is 1. The molecule has 2 aromatic carbocycles. The fraction of sp³-hybridized carbons (Fsp3) is 0.375. The van der Waals surface area contributed by atoms with Crippen LogP contribution in [-0.2, 0) is 25.5 Å². The predicted molar refractivity (Wildman–Crippen MR) is 136 cm³/mol. The van der Waals surface area contributed by atoms with Gasteiger partial charge in [0, 0.05) is 7.05 Å². The molecule has 2 N–H and O–H groups in total. The van der Waals surface area contributed by atoms with Crippen LogP contribution in [0, 0.1) is 0 Å². The standard InChI is InChI=1S/C24H31N3O5.2ClH/c1-4-32-24(31)21(16-15-19-11-7-5-8-12-19)25-18(2)23(30)27(17-22(28)29)26(3)20-13-9-6-10-14-20;;/h5-14,18,21,25H,4,15-17H2,1-3H3,(H,28,29);2*1H/t18-,21-;;/m0../s1. The number of rotatable bonds is 12. The van der Waals surface area contributed by atoms with Crippen molar-refractivity contribution in [2.75, 3.05) is 25.2 Å². The van der Waals surface area contributed by atoms with Gasteiger partial charge in [-0.2, -0.15) is 0 Å². The van der Waals surface area contributed by atoms with E-state index in [1.807, 2.05) is 36.4 Å². The summed E-state index contributed by atoms with van der Waals surface area (Å²) < 4.78 is 5.18. The predicted octanol–water partition coefficient (Wildman–Crippen LogP) is 3.34. The van der Waals surface area contributed by atoms with Crippen LogP contribution in [0.2, 0.25) is 0 Å². The third-order valence-electron chi connectivity index (χ3n) is 4.99. The van der Waals surface area contributed by atoms with Crippen LogP contribution in [0.25, 0.3) is 0 Å². The van der Waals surface area contributed by atoms with Crippen LogP contribution in [0.15, 0.2) is 60.7 Å². The van der Waals surface area contributed by atoms with Gasteiger partial charge in [-0.05, 0) is 44.4 Å². The van der Waals surface area contributed by atoms with Crippen molar-refractivity contribution >= 4 is 48.3 Å². The van der Waals surface area contributed by atoms with Gasteiger partial charge in [0.1, 0.15) is 12.6 Å². The lowest BCUT2D eigenvalue weighted by Gasteiger charge is -2.35. The van der Waals surface area contributed by atoms with E-state index in [0.717, 1.165) is 10.6 Å². The summed E-state index contributed by atoms with van der Waals surface area (Å²) in [5, 5.41) is 15.0. The van der Waals surface area contributed by atoms with E-state index >= 15 is 0 Å². The van der Waals surface area contributed by atoms with E-state index in [1.165, 1.54) is 5.01 Å². The summed E-state index contributed by atoms with van der Waals surface area (Å²) in [6.07, 6.45) is 1.06. The molecule has 34 heavy (non-hydrogen) atoms. The number of hydrogen-bond donors (Lipinski definition) is 2. The first kappa shape index (κ1) is 31.2. The van der Waals surface area contributed by atoms with Crippen LogP contribution in [-0.4, -0.2) is 60.2 Å². The molecule has 2 rings (SSSR count). The second-order valence-electron chi connectivity index (χ2n) is 7.37. The molecule has 2 aromatic rings. The van der Waals surface area contributed by atoms with Crippen molar-refractivity contribution < 1.29 is 24.2 Å². The minimum atomic E-state index is -1.14. The van der Waals surface area contributed by atoms with Crippen molar-refractivity contribution in [1.82, 2.24) is 10.3 Å². The van der Waals surface area contributed by atoms with Gasteiger partial charge in [-0.15, -0.1) is 24.8 Å². The van der Waals surface area contributed by atoms with E-state index in [-0.39, 0.29) is 31.4 Å². The smallest absolute Gasteiger partial charge is 0.325 e. The first-order valence-corrected chi connectivity index (χ1v) is 10.6. The molecule has 0 aromatic heterocycles. The van der Waals surface area contributed by atoms with E-state index in [4.69, 9.17) is 4.74 Å². The van der Waals surface area contributed by atoms with Crippen molar-refractivity contribution in [2.24, 2.45) is 0 Å². The summed E-state index contributed by atoms with van der Waals surface area (Å²) in [6.45, 7) is 3.06. The second-order valence-corrected chi connectivity index (χ2v) is 7.37. The third-order valence-corrected chi connectivity index (χ3v) is 4.99. The molecule has 0 radical (unpaired) electrons. The van der Waals surface area contributed by atoms with Crippen molar-refractivity contribution in [3.63, 3.8) is 0 Å². The molecule has 0 heterocycles. The van der Waals surface area contributed by atoms with E-state index in [9.17, 15) is 19.5 Å². The van der Waals surface area contributed by atoms with Crippen LogP contribution in [0.5, 0.6) is 0 Å². The maximum absolute atomic E-state index is 13.2. The highest BCUT2D eigenvalue weighted by Crippen LogP contribution is 2.15. The molecule has 0 spiro atoms. The van der Waals surface area contributed by atoms with Crippen molar-refractivity contribution in [2.45, 2.75) is 38.8 Å². The van der Waals surface area contributed by atoms with Gasteiger partial charge in [0.05, 0.1) is 18.3 Å². The van der Waals surface area contributed by atoms with Crippen molar-refractivity contribution in [3.05, 3.63) is 66.2 Å². The Hall–Kier alpha value is -2.81. The number of esters is 1. The Balaban J connectivity index is 0.00000544. The van der Waals surface area contributed by atoms with E-state index in [0.29, 0.717) is 18.5 Å². The molecule has 1 amide bonds. The Morgan fingerprint density at radius 3 is 2.09 bits per heavy atom. The van der Waals surface area contributed by atoms with Crippen LogP contribution in [0.3, 0.4) is 0 Å². The Morgan fingerprint density at radius 1 is 1.00 bits per heavy atom. The molecular formula is C24H33Cl2N3O5. The highest BCUT2D eigenvalue weighted by Gasteiger charge is 2.30. The van der Waals surface area contributed by atoms with Crippen LogP contribution in [0.1, 0.15) is 25.8 Å². The van der Waals surface area contributed by atoms with Gasteiger partial charge < -0.3 is 9.84 Å². The summed E-state index contributed by atoms with van der Waals surface area (Å²) in [6, 6.07) is 17.2. The summed E-state index contributed by atoms with van der Waals surface area (Å²) in [5.74, 6) is -2.05. The molecule has 10 heteroatoms. The zero-order valence-electron chi connectivity index (χ0n) is 19.5. The maximum Gasteiger partial charge on any atom is 0.325 e. The number of aliphatic carboxylic acids is 1. The number of anilines is 1. The molecule has 8 nitrogen and oxygen atoms in total. The number of para-hydroxylation sites is 1. The lowest BCUT2D eigenvalue weighted by Crippen LogP contribution is -2.56. The average Bonchev–Trinajstić information content (AvgIpc) is 2.80. The van der Waals surface area contributed by atoms with Gasteiger partial charge in [-0.25, -0.2) is 5.01 Å². The lowest BCUT2D eigenvalue weighted by atomic mass is 10.0. The minimum absolute atomic E-state index is 0. The molecule has 0 fully saturated rings. The molecule has 188 valence electrons. The van der Waals surface area contributed by atoms with Gasteiger partial charge >= 0.3 is 11.9 Å². The van der Waals surface area contributed by atoms with Gasteiger partial charge in [-0.1, -0.05) is 48.5 Å². The minimum Gasteiger partial charge on any atom is -0.480 e. The summed E-state index contributed by atoms with van der Waals surface area (Å²) in [7, 11) is 1.63. The van der Waals surface area contributed by atoms with Crippen molar-refractivity contribution in [3.8, 4) is 0 Å². The number of hydrazine groups is 1. The first-order valence-electron chi connectivity index (χ1n) is 10.6. The molecule has 0 aliphatic rings. The topological polar surface area (TPSA) is 99.2 Å². The highest BCUT2D eigenvalue weighted by molar-refractivity contribution is 5.87. The number of amides is 1. The molecule has 0 saturated carbocycles. The molecule has 0 saturated heterocycles. The number of nitrogens with zero attached hydrogens (tertiary/aromatic N) is 2. The SMILES string of the molecule is CCOC(=O)[C@H](CCc1ccccc1)N[C@@H](C)C(=O)N(CC(=O)O)N(C)c1ccccc1.Cl.Cl. The summed E-state index contributed by atoms with van der Waals surface area (Å²) in [4.78, 5) is 37.1. The molecule has 0 unspecified atom stereocenters. The fourth-order valence-corrected chi connectivity index (χ4v) is 3.31. The van der Waals surface area contributed by atoms with Crippen LogP contribution >= 0.6 is 24.8 Å². The van der Waals surface area contributed by atoms with E-state index in [1.54, 1.807) is 45.2 Å². The molecule has 0 bridgehead atoms. The zero-order valence-corrected chi connectivity index (χ0v) is 21.2. The largest absolute Gasteiger partial charge is 0.480 e. The monoisotopic (exact) mass is 513 g/mol. The number of ether oxygens (including phenoxy) is 1. The third kappa shape index (κ3) is 9.59. The molecule has 0 aliphatic carbocycles. The first-order chi connectivity index (χ1) is 15.3. The molecule has 2 atom stereocenters. The zero-order chi connectivity index (χ0) is 23.5. The number of nitrogens with one attached hydrogen (secondary N) is 1. The van der Waals surface area contributed by atoms with Crippen molar-refractivity contribution in [1.29, 1.82) is 0 Å². The molecule has 0 aliphatic heterocycles. The number of carboxylic acid groups (broad SMARTS) is 1. The normalized spacial score (nSPS) is 11.7.